The molecule has 0 saturated heterocycles. The van der Waals surface area contributed by atoms with Gasteiger partial charge in [0.1, 0.15) is 0 Å². The molecule has 0 heterocycles. The zero-order valence-corrected chi connectivity index (χ0v) is 11.6. The van der Waals surface area contributed by atoms with Crippen LogP contribution in [0.1, 0.15) is 71.6 Å². The average molecular weight is 246 g/mol. The van der Waals surface area contributed by atoms with Crippen molar-refractivity contribution < 1.29 is 14.9 Å². The van der Waals surface area contributed by atoms with Gasteiger partial charge in [-0.05, 0) is 25.7 Å². The van der Waals surface area contributed by atoms with Gasteiger partial charge in [-0.1, -0.05) is 33.1 Å². The zero-order chi connectivity index (χ0) is 13.0. The lowest BCUT2D eigenvalue weighted by Crippen LogP contribution is -2.30. The van der Waals surface area contributed by atoms with E-state index in [1.54, 1.807) is 0 Å². The first-order valence-electron chi connectivity index (χ1n) is 7.15. The van der Waals surface area contributed by atoms with Crippen LogP contribution in [0.5, 0.6) is 0 Å². The molecule has 1 saturated carbocycles. The van der Waals surface area contributed by atoms with Crippen LogP contribution in [0.4, 0.5) is 0 Å². The van der Waals surface area contributed by atoms with E-state index in [1.165, 1.54) is 25.7 Å². The molecule has 3 heteroatoms. The second kappa shape index (κ2) is 11.0. The quantitative estimate of drug-likeness (QED) is 0.559. The van der Waals surface area contributed by atoms with Gasteiger partial charge >= 0.3 is 0 Å². The van der Waals surface area contributed by atoms with E-state index in [0.717, 1.165) is 32.5 Å². The van der Waals surface area contributed by atoms with Crippen molar-refractivity contribution >= 4 is 0 Å². The lowest BCUT2D eigenvalue weighted by Gasteiger charge is -2.25. The van der Waals surface area contributed by atoms with E-state index in [-0.39, 0.29) is 0 Å². The van der Waals surface area contributed by atoms with Crippen LogP contribution in [-0.4, -0.2) is 29.2 Å². The molecule has 3 nitrogen and oxygen atoms in total. The molecule has 0 aromatic heterocycles. The van der Waals surface area contributed by atoms with Gasteiger partial charge in [0.2, 0.25) is 0 Å². The molecule has 0 unspecified atom stereocenters. The van der Waals surface area contributed by atoms with Crippen molar-refractivity contribution in [2.75, 3.05) is 13.2 Å². The maximum atomic E-state index is 8.93. The van der Waals surface area contributed by atoms with Crippen LogP contribution in [0.15, 0.2) is 0 Å². The van der Waals surface area contributed by atoms with Gasteiger partial charge in [0.25, 0.3) is 0 Å². The topological polar surface area (TPSA) is 49.7 Å². The van der Waals surface area contributed by atoms with Gasteiger partial charge in [0.15, 0.2) is 5.79 Å². The Morgan fingerprint density at radius 2 is 1.35 bits per heavy atom. The Hall–Kier alpha value is -0.120. The Bertz CT molecular complexity index is 144. The SMILES string of the molecule is CCCCOCCCC.OC1(O)CCCCC1. The van der Waals surface area contributed by atoms with Crippen LogP contribution in [0.3, 0.4) is 0 Å². The van der Waals surface area contributed by atoms with E-state index in [1.807, 2.05) is 0 Å². The van der Waals surface area contributed by atoms with E-state index < -0.39 is 5.79 Å². The molecule has 0 aromatic carbocycles. The summed E-state index contributed by atoms with van der Waals surface area (Å²) in [6.07, 6.45) is 9.12. The molecule has 0 aliphatic heterocycles. The third-order valence-electron chi connectivity index (χ3n) is 2.94. The van der Waals surface area contributed by atoms with Crippen LogP contribution < -0.4 is 0 Å². The van der Waals surface area contributed by atoms with Gasteiger partial charge in [-0.2, -0.15) is 0 Å². The highest BCUT2D eigenvalue weighted by molar-refractivity contribution is 4.69. The molecule has 0 aromatic rings. The summed E-state index contributed by atoms with van der Waals surface area (Å²) < 4.78 is 5.31. The molecule has 0 amide bonds. The predicted octanol–water partition coefficient (Wildman–Crippen LogP) is 3.23. The summed E-state index contributed by atoms with van der Waals surface area (Å²) in [4.78, 5) is 0. The number of hydrogen-bond acceptors (Lipinski definition) is 3. The van der Waals surface area contributed by atoms with Crippen molar-refractivity contribution in [3.05, 3.63) is 0 Å². The third kappa shape index (κ3) is 12.1. The molecule has 0 radical (unpaired) electrons. The first-order chi connectivity index (χ1) is 8.12. The molecule has 1 fully saturated rings. The summed E-state index contributed by atoms with van der Waals surface area (Å²) >= 11 is 0. The van der Waals surface area contributed by atoms with Crippen molar-refractivity contribution in [3.8, 4) is 0 Å². The number of hydrogen-bond donors (Lipinski definition) is 2. The largest absolute Gasteiger partial charge is 0.381 e. The van der Waals surface area contributed by atoms with Crippen molar-refractivity contribution in [2.24, 2.45) is 0 Å². The smallest absolute Gasteiger partial charge is 0.162 e. The predicted molar refractivity (Wildman–Crippen MR) is 70.9 cm³/mol. The van der Waals surface area contributed by atoms with Crippen molar-refractivity contribution in [3.63, 3.8) is 0 Å². The first-order valence-corrected chi connectivity index (χ1v) is 7.15. The fourth-order valence-corrected chi connectivity index (χ4v) is 1.71. The molecular weight excluding hydrogens is 216 g/mol. The maximum Gasteiger partial charge on any atom is 0.162 e. The Labute approximate surface area is 106 Å². The van der Waals surface area contributed by atoms with Gasteiger partial charge in [-0.15, -0.1) is 0 Å². The number of aliphatic hydroxyl groups is 2. The van der Waals surface area contributed by atoms with Crippen LogP contribution in [0, 0.1) is 0 Å². The third-order valence-corrected chi connectivity index (χ3v) is 2.94. The highest BCUT2D eigenvalue weighted by Gasteiger charge is 2.24. The lowest BCUT2D eigenvalue weighted by atomic mass is 9.95. The average Bonchev–Trinajstić information content (AvgIpc) is 2.29. The number of rotatable bonds is 6. The second-order valence-corrected chi connectivity index (χ2v) is 4.86. The molecular formula is C14H30O3. The Morgan fingerprint density at radius 3 is 1.65 bits per heavy atom. The van der Waals surface area contributed by atoms with E-state index >= 15 is 0 Å². The van der Waals surface area contributed by atoms with E-state index in [2.05, 4.69) is 13.8 Å². The molecule has 1 aliphatic carbocycles. The normalized spacial score (nSPS) is 18.4. The van der Waals surface area contributed by atoms with Gasteiger partial charge in [0, 0.05) is 26.1 Å². The van der Waals surface area contributed by atoms with Gasteiger partial charge < -0.3 is 14.9 Å². The highest BCUT2D eigenvalue weighted by Crippen LogP contribution is 2.24. The molecule has 17 heavy (non-hydrogen) atoms. The van der Waals surface area contributed by atoms with Crippen LogP contribution in [0.2, 0.25) is 0 Å². The molecule has 0 atom stereocenters. The van der Waals surface area contributed by atoms with E-state index in [9.17, 15) is 0 Å². The van der Waals surface area contributed by atoms with Gasteiger partial charge in [0.05, 0.1) is 0 Å². The standard InChI is InChI=1S/C8H18O.C6H12O2/c1-3-5-7-9-8-6-4-2;7-6(8)4-2-1-3-5-6/h3-8H2,1-2H3;7-8H,1-5H2. The summed E-state index contributed by atoms with van der Waals surface area (Å²) in [5, 5.41) is 17.9. The molecule has 0 bridgehead atoms. The number of unbranched alkanes of at least 4 members (excludes halogenated alkanes) is 2. The summed E-state index contributed by atoms with van der Waals surface area (Å²) in [6.45, 7) is 6.28. The summed E-state index contributed by atoms with van der Waals surface area (Å²) in [7, 11) is 0. The van der Waals surface area contributed by atoms with E-state index in [0.29, 0.717) is 12.8 Å². The van der Waals surface area contributed by atoms with Crippen molar-refractivity contribution in [1.29, 1.82) is 0 Å². The molecule has 1 aliphatic rings. The molecule has 0 spiro atoms. The summed E-state index contributed by atoms with van der Waals surface area (Å²) in [5.74, 6) is -1.32. The lowest BCUT2D eigenvalue weighted by molar-refractivity contribution is -0.180. The molecule has 1 rings (SSSR count). The summed E-state index contributed by atoms with van der Waals surface area (Å²) in [5.41, 5.74) is 0. The van der Waals surface area contributed by atoms with E-state index in [4.69, 9.17) is 14.9 Å². The molecule has 104 valence electrons. The fourth-order valence-electron chi connectivity index (χ4n) is 1.71. The zero-order valence-electron chi connectivity index (χ0n) is 11.6. The molecule has 2 N–H and O–H groups in total. The highest BCUT2D eigenvalue weighted by atomic mass is 16.5. The first kappa shape index (κ1) is 16.9. The maximum absolute atomic E-state index is 8.93. The monoisotopic (exact) mass is 246 g/mol. The minimum absolute atomic E-state index is 0.562. The Kier molecular flexibility index (Phi) is 10.9. The van der Waals surface area contributed by atoms with Gasteiger partial charge in [-0.25, -0.2) is 0 Å². The second-order valence-electron chi connectivity index (χ2n) is 4.86. The van der Waals surface area contributed by atoms with Gasteiger partial charge in [-0.3, -0.25) is 0 Å². The van der Waals surface area contributed by atoms with Crippen molar-refractivity contribution in [2.45, 2.75) is 77.4 Å². The Balaban J connectivity index is 0.000000302. The van der Waals surface area contributed by atoms with Crippen molar-refractivity contribution in [1.82, 2.24) is 0 Å². The number of ether oxygens (including phenoxy) is 1. The summed E-state index contributed by atoms with van der Waals surface area (Å²) in [6, 6.07) is 0. The minimum atomic E-state index is -1.32. The van der Waals surface area contributed by atoms with Crippen LogP contribution >= 0.6 is 0 Å². The Morgan fingerprint density at radius 1 is 0.882 bits per heavy atom. The van der Waals surface area contributed by atoms with Crippen LogP contribution in [-0.2, 0) is 4.74 Å². The minimum Gasteiger partial charge on any atom is -0.381 e. The fraction of sp³-hybridized carbons (Fsp3) is 1.00. The van der Waals surface area contributed by atoms with Crippen LogP contribution in [0.25, 0.3) is 0 Å².